The molecule has 1 nitrogen and oxygen atoms in total. The fourth-order valence-electron chi connectivity index (χ4n) is 1.99. The molecule has 13 heavy (non-hydrogen) atoms. The van der Waals surface area contributed by atoms with E-state index in [4.69, 9.17) is 6.42 Å². The van der Waals surface area contributed by atoms with Gasteiger partial charge in [0.25, 0.3) is 0 Å². The topological polar surface area (TPSA) is 12.0 Å². The van der Waals surface area contributed by atoms with Crippen LogP contribution >= 0.6 is 0 Å². The summed E-state index contributed by atoms with van der Waals surface area (Å²) in [6.07, 6.45) is 11.9. The number of hydrogen-bond donors (Lipinski definition) is 1. The first-order valence-corrected chi connectivity index (χ1v) is 5.46. The van der Waals surface area contributed by atoms with Gasteiger partial charge in [0.05, 0.1) is 6.04 Å². The lowest BCUT2D eigenvalue weighted by molar-refractivity contribution is 0.122. The van der Waals surface area contributed by atoms with Gasteiger partial charge in [0.15, 0.2) is 0 Å². The van der Waals surface area contributed by atoms with Gasteiger partial charge in [-0.2, -0.15) is 0 Å². The Labute approximate surface area is 82.3 Å². The maximum Gasteiger partial charge on any atom is 0.0684 e. The van der Waals surface area contributed by atoms with E-state index in [1.54, 1.807) is 0 Å². The monoisotopic (exact) mass is 179 g/mol. The molecule has 0 amide bonds. The summed E-state index contributed by atoms with van der Waals surface area (Å²) in [6.45, 7) is 5.54. The van der Waals surface area contributed by atoms with Gasteiger partial charge in [0.1, 0.15) is 0 Å². The Morgan fingerprint density at radius 3 is 2.46 bits per heavy atom. The van der Waals surface area contributed by atoms with Gasteiger partial charge >= 0.3 is 0 Å². The van der Waals surface area contributed by atoms with Crippen molar-refractivity contribution in [3.05, 3.63) is 0 Å². The van der Waals surface area contributed by atoms with Crippen molar-refractivity contribution in [3.8, 4) is 12.3 Å². The third-order valence-electron chi connectivity index (χ3n) is 3.50. The van der Waals surface area contributed by atoms with Gasteiger partial charge in [-0.1, -0.05) is 26.2 Å². The Morgan fingerprint density at radius 2 is 2.15 bits per heavy atom. The van der Waals surface area contributed by atoms with Crippen LogP contribution in [0.3, 0.4) is 0 Å². The summed E-state index contributed by atoms with van der Waals surface area (Å²) in [5.74, 6) is 2.79. The SMILES string of the molecule is C#CC(CC)NCC1(CC)CCC1. The Bertz CT molecular complexity index is 180. The van der Waals surface area contributed by atoms with E-state index in [0.717, 1.165) is 13.0 Å². The largest absolute Gasteiger partial charge is 0.303 e. The zero-order valence-electron chi connectivity index (χ0n) is 8.90. The molecule has 0 spiro atoms. The van der Waals surface area contributed by atoms with Crippen molar-refractivity contribution < 1.29 is 0 Å². The van der Waals surface area contributed by atoms with Gasteiger partial charge in [-0.3, -0.25) is 0 Å². The molecule has 0 heterocycles. The highest BCUT2D eigenvalue weighted by Crippen LogP contribution is 2.43. The van der Waals surface area contributed by atoms with Gasteiger partial charge in [-0.05, 0) is 31.1 Å². The first kappa shape index (κ1) is 10.6. The van der Waals surface area contributed by atoms with Gasteiger partial charge in [0.2, 0.25) is 0 Å². The first-order chi connectivity index (χ1) is 6.26. The molecule has 0 aromatic heterocycles. The van der Waals surface area contributed by atoms with Crippen molar-refractivity contribution in [2.75, 3.05) is 6.54 Å². The molecule has 74 valence electrons. The van der Waals surface area contributed by atoms with Gasteiger partial charge < -0.3 is 5.32 Å². The predicted molar refractivity (Wildman–Crippen MR) is 57.5 cm³/mol. The molecule has 1 aliphatic carbocycles. The maximum atomic E-state index is 5.40. The van der Waals surface area contributed by atoms with E-state index in [-0.39, 0.29) is 6.04 Å². The molecule has 0 bridgehead atoms. The molecule has 0 saturated heterocycles. The average Bonchev–Trinajstić information content (AvgIpc) is 2.10. The van der Waals surface area contributed by atoms with Crippen LogP contribution < -0.4 is 5.32 Å². The molecule has 1 atom stereocenters. The van der Waals surface area contributed by atoms with Crippen LogP contribution in [-0.2, 0) is 0 Å². The fourth-order valence-corrected chi connectivity index (χ4v) is 1.99. The van der Waals surface area contributed by atoms with Crippen molar-refractivity contribution in [1.82, 2.24) is 5.32 Å². The minimum atomic E-state index is 0.282. The molecule has 1 saturated carbocycles. The standard InChI is InChI=1S/C12H21N/c1-4-11(5-2)13-10-12(6-3)8-7-9-12/h1,11,13H,5-10H2,2-3H3. The van der Waals surface area contributed by atoms with Crippen molar-refractivity contribution in [3.63, 3.8) is 0 Å². The zero-order valence-corrected chi connectivity index (χ0v) is 8.90. The summed E-state index contributed by atoms with van der Waals surface area (Å²) >= 11 is 0. The molecule has 1 unspecified atom stereocenters. The molecular formula is C12H21N. The quantitative estimate of drug-likeness (QED) is 0.640. The van der Waals surface area contributed by atoms with Crippen LogP contribution in [0.4, 0.5) is 0 Å². The first-order valence-electron chi connectivity index (χ1n) is 5.46. The number of rotatable bonds is 5. The zero-order chi connectivity index (χ0) is 9.73. The van der Waals surface area contributed by atoms with E-state index in [1.807, 2.05) is 0 Å². The Kier molecular flexibility index (Phi) is 3.81. The molecule has 1 aliphatic rings. The molecule has 0 aliphatic heterocycles. The normalized spacial score (nSPS) is 21.6. The Morgan fingerprint density at radius 1 is 1.46 bits per heavy atom. The third kappa shape index (κ3) is 2.48. The lowest BCUT2D eigenvalue weighted by Crippen LogP contribution is -2.42. The summed E-state index contributed by atoms with van der Waals surface area (Å²) in [6, 6.07) is 0.282. The van der Waals surface area contributed by atoms with E-state index >= 15 is 0 Å². The summed E-state index contributed by atoms with van der Waals surface area (Å²) in [4.78, 5) is 0. The third-order valence-corrected chi connectivity index (χ3v) is 3.50. The molecule has 1 N–H and O–H groups in total. The molecule has 1 heteroatoms. The molecule has 0 radical (unpaired) electrons. The summed E-state index contributed by atoms with van der Waals surface area (Å²) < 4.78 is 0. The van der Waals surface area contributed by atoms with Crippen LogP contribution in [0.25, 0.3) is 0 Å². The maximum absolute atomic E-state index is 5.40. The van der Waals surface area contributed by atoms with Crippen LogP contribution in [0.2, 0.25) is 0 Å². The van der Waals surface area contributed by atoms with Crippen LogP contribution in [0.5, 0.6) is 0 Å². The highest BCUT2D eigenvalue weighted by Gasteiger charge is 2.34. The second kappa shape index (κ2) is 4.67. The smallest absolute Gasteiger partial charge is 0.0684 e. The van der Waals surface area contributed by atoms with Crippen LogP contribution in [0, 0.1) is 17.8 Å². The van der Waals surface area contributed by atoms with Gasteiger partial charge in [-0.25, -0.2) is 0 Å². The minimum Gasteiger partial charge on any atom is -0.303 e. The fraction of sp³-hybridized carbons (Fsp3) is 0.833. The molecule has 0 aromatic rings. The number of hydrogen-bond acceptors (Lipinski definition) is 1. The highest BCUT2D eigenvalue weighted by molar-refractivity contribution is 4.99. The van der Waals surface area contributed by atoms with Crippen LogP contribution in [-0.4, -0.2) is 12.6 Å². The van der Waals surface area contributed by atoms with Crippen LogP contribution in [0.1, 0.15) is 46.0 Å². The van der Waals surface area contributed by atoms with E-state index < -0.39 is 0 Å². The van der Waals surface area contributed by atoms with E-state index in [1.165, 1.54) is 25.7 Å². The molecular weight excluding hydrogens is 158 g/mol. The van der Waals surface area contributed by atoms with Crippen molar-refractivity contribution in [2.45, 2.75) is 52.0 Å². The van der Waals surface area contributed by atoms with Crippen molar-refractivity contribution in [1.29, 1.82) is 0 Å². The van der Waals surface area contributed by atoms with Gasteiger partial charge in [0, 0.05) is 6.54 Å². The summed E-state index contributed by atoms with van der Waals surface area (Å²) in [7, 11) is 0. The van der Waals surface area contributed by atoms with E-state index in [9.17, 15) is 0 Å². The van der Waals surface area contributed by atoms with E-state index in [0.29, 0.717) is 5.41 Å². The van der Waals surface area contributed by atoms with Gasteiger partial charge in [-0.15, -0.1) is 6.42 Å². The lowest BCUT2D eigenvalue weighted by Gasteiger charge is -2.42. The second-order valence-electron chi connectivity index (χ2n) is 4.22. The van der Waals surface area contributed by atoms with Crippen molar-refractivity contribution >= 4 is 0 Å². The summed E-state index contributed by atoms with van der Waals surface area (Å²) in [5, 5.41) is 3.48. The van der Waals surface area contributed by atoms with Crippen LogP contribution in [0.15, 0.2) is 0 Å². The Balaban J connectivity index is 2.28. The predicted octanol–water partition coefficient (Wildman–Crippen LogP) is 2.57. The number of terminal acetylenes is 1. The van der Waals surface area contributed by atoms with Crippen molar-refractivity contribution in [2.24, 2.45) is 5.41 Å². The molecule has 1 rings (SSSR count). The highest BCUT2D eigenvalue weighted by atomic mass is 14.9. The second-order valence-corrected chi connectivity index (χ2v) is 4.22. The van der Waals surface area contributed by atoms with E-state index in [2.05, 4.69) is 25.1 Å². The average molecular weight is 179 g/mol. The number of nitrogens with one attached hydrogen (secondary N) is 1. The lowest BCUT2D eigenvalue weighted by atomic mass is 9.67. The minimum absolute atomic E-state index is 0.282. The molecule has 0 aromatic carbocycles. The summed E-state index contributed by atoms with van der Waals surface area (Å²) in [5.41, 5.74) is 0.588. The Hall–Kier alpha value is -0.480. The molecule has 1 fully saturated rings.